The van der Waals surface area contributed by atoms with Gasteiger partial charge in [-0.3, -0.25) is 5.32 Å². The average Bonchev–Trinajstić information content (AvgIpc) is 2.47. The van der Waals surface area contributed by atoms with E-state index in [9.17, 15) is 0 Å². The van der Waals surface area contributed by atoms with Crippen LogP contribution in [0.5, 0.6) is 0 Å². The minimum absolute atomic E-state index is 0.0879. The number of hydrogen-bond acceptors (Lipinski definition) is 3. The first-order valence-corrected chi connectivity index (χ1v) is 9.86. The molecule has 0 fully saturated rings. The third-order valence-electron chi connectivity index (χ3n) is 5.08. The molecule has 0 saturated heterocycles. The molecule has 0 amide bonds. The molecule has 0 spiro atoms. The predicted octanol–water partition coefficient (Wildman–Crippen LogP) is 4.53. The minimum Gasteiger partial charge on any atom is -0.314 e. The van der Waals surface area contributed by atoms with Crippen LogP contribution in [0.2, 0.25) is 0 Å². The molecule has 0 saturated carbocycles. The molecule has 0 heterocycles. The third-order valence-corrected chi connectivity index (χ3v) is 5.08. The maximum atomic E-state index is 3.86. The van der Waals surface area contributed by atoms with E-state index in [1.165, 1.54) is 44.9 Å². The van der Waals surface area contributed by atoms with E-state index >= 15 is 0 Å². The van der Waals surface area contributed by atoms with Gasteiger partial charge in [-0.15, -0.1) is 0 Å². The van der Waals surface area contributed by atoms with Crippen molar-refractivity contribution in [2.45, 2.75) is 98.2 Å². The first kappa shape index (κ1) is 22.9. The molecule has 0 aromatic carbocycles. The first-order valence-electron chi connectivity index (χ1n) is 9.86. The van der Waals surface area contributed by atoms with Crippen LogP contribution in [0, 0.1) is 11.3 Å². The van der Waals surface area contributed by atoms with E-state index in [1.54, 1.807) is 0 Å². The van der Waals surface area contributed by atoms with Crippen LogP contribution < -0.4 is 16.0 Å². The van der Waals surface area contributed by atoms with Gasteiger partial charge in [-0.05, 0) is 38.4 Å². The van der Waals surface area contributed by atoms with Crippen LogP contribution in [0.3, 0.4) is 0 Å². The Morgan fingerprint density at radius 1 is 0.870 bits per heavy atom. The molecule has 0 aliphatic carbocycles. The number of unbranched alkanes of at least 4 members (excludes halogenated alkanes) is 5. The van der Waals surface area contributed by atoms with Crippen LogP contribution in [0.4, 0.5) is 0 Å². The number of nitrogens with one attached hydrogen (secondary N) is 3. The Labute approximate surface area is 146 Å². The lowest BCUT2D eigenvalue weighted by Gasteiger charge is -2.51. The summed E-state index contributed by atoms with van der Waals surface area (Å²) in [6, 6.07) is 0.428. The van der Waals surface area contributed by atoms with Crippen LogP contribution in [-0.2, 0) is 0 Å². The van der Waals surface area contributed by atoms with E-state index in [0.29, 0.717) is 12.0 Å². The van der Waals surface area contributed by atoms with Gasteiger partial charge in [-0.2, -0.15) is 0 Å². The Balaban J connectivity index is 4.81. The zero-order valence-corrected chi connectivity index (χ0v) is 17.3. The largest absolute Gasteiger partial charge is 0.314 e. The fourth-order valence-electron chi connectivity index (χ4n) is 3.62. The van der Waals surface area contributed by atoms with Gasteiger partial charge in [-0.1, -0.05) is 80.1 Å². The molecular formula is C20H45N3. The van der Waals surface area contributed by atoms with Gasteiger partial charge in [-0.25, -0.2) is 0 Å². The molecular weight excluding hydrogens is 282 g/mol. The molecule has 23 heavy (non-hydrogen) atoms. The van der Waals surface area contributed by atoms with Gasteiger partial charge in [0.25, 0.3) is 0 Å². The molecule has 3 heteroatoms. The molecule has 2 atom stereocenters. The summed E-state index contributed by atoms with van der Waals surface area (Å²) in [6.07, 6.45) is 9.35. The molecule has 0 aromatic heterocycles. The third kappa shape index (κ3) is 7.53. The van der Waals surface area contributed by atoms with Gasteiger partial charge < -0.3 is 10.6 Å². The summed E-state index contributed by atoms with van der Waals surface area (Å²) in [6.45, 7) is 14.9. The Morgan fingerprint density at radius 3 is 1.87 bits per heavy atom. The fraction of sp³-hybridized carbons (Fsp3) is 1.00. The number of likely N-dealkylation sites (N-methyl/N-ethyl adjacent to an activating group) is 2. The molecule has 0 aliphatic heterocycles. The molecule has 3 N–H and O–H groups in total. The zero-order valence-electron chi connectivity index (χ0n) is 17.3. The Kier molecular flexibility index (Phi) is 11.4. The summed E-state index contributed by atoms with van der Waals surface area (Å²) in [4.78, 5) is 0. The maximum Gasteiger partial charge on any atom is 0.0892 e. The summed E-state index contributed by atoms with van der Waals surface area (Å²) in [5, 5.41) is 11.1. The molecule has 3 nitrogen and oxygen atoms in total. The molecule has 0 rings (SSSR count). The Hall–Kier alpha value is -0.120. The second kappa shape index (κ2) is 11.4. The van der Waals surface area contributed by atoms with E-state index in [4.69, 9.17) is 0 Å². The zero-order chi connectivity index (χ0) is 17.9. The van der Waals surface area contributed by atoms with Crippen molar-refractivity contribution in [1.82, 2.24) is 16.0 Å². The highest BCUT2D eigenvalue weighted by atomic mass is 15.2. The van der Waals surface area contributed by atoms with Crippen molar-refractivity contribution >= 4 is 0 Å². The van der Waals surface area contributed by atoms with Gasteiger partial charge in [0.15, 0.2) is 0 Å². The van der Waals surface area contributed by atoms with Crippen molar-refractivity contribution in [1.29, 1.82) is 0 Å². The normalized spacial score (nSPS) is 16.6. The van der Waals surface area contributed by atoms with Crippen LogP contribution in [0.15, 0.2) is 0 Å². The van der Waals surface area contributed by atoms with E-state index in [0.717, 1.165) is 6.54 Å². The first-order chi connectivity index (χ1) is 10.7. The van der Waals surface area contributed by atoms with Crippen LogP contribution in [0.25, 0.3) is 0 Å². The standard InChI is InChI=1S/C20H45N3/c1-9-10-11-12-13-14-15-18(21-7)20(22-8,19(4,5)6)23-16-17(2)3/h17-18,21-23H,9-16H2,1-8H3. The summed E-state index contributed by atoms with van der Waals surface area (Å²) < 4.78 is 0. The van der Waals surface area contributed by atoms with Crippen LogP contribution in [0.1, 0.15) is 86.5 Å². The van der Waals surface area contributed by atoms with Crippen molar-refractivity contribution in [3.8, 4) is 0 Å². The fourth-order valence-corrected chi connectivity index (χ4v) is 3.62. The molecule has 0 bridgehead atoms. The summed E-state index contributed by atoms with van der Waals surface area (Å²) in [5.74, 6) is 0.650. The average molecular weight is 328 g/mol. The van der Waals surface area contributed by atoms with Gasteiger partial charge >= 0.3 is 0 Å². The smallest absolute Gasteiger partial charge is 0.0892 e. The lowest BCUT2D eigenvalue weighted by molar-refractivity contribution is 0.0545. The quantitative estimate of drug-likeness (QED) is 0.343. The van der Waals surface area contributed by atoms with Crippen LogP contribution in [-0.4, -0.2) is 32.3 Å². The minimum atomic E-state index is -0.0879. The van der Waals surface area contributed by atoms with Gasteiger partial charge in [0.1, 0.15) is 0 Å². The van der Waals surface area contributed by atoms with Crippen molar-refractivity contribution < 1.29 is 0 Å². The second-order valence-corrected chi connectivity index (χ2v) is 8.48. The van der Waals surface area contributed by atoms with E-state index < -0.39 is 0 Å². The van der Waals surface area contributed by atoms with E-state index in [-0.39, 0.29) is 11.1 Å². The second-order valence-electron chi connectivity index (χ2n) is 8.48. The molecule has 2 unspecified atom stereocenters. The van der Waals surface area contributed by atoms with Crippen molar-refractivity contribution in [2.24, 2.45) is 11.3 Å². The highest BCUT2D eigenvalue weighted by Gasteiger charge is 2.45. The number of rotatable bonds is 13. The lowest BCUT2D eigenvalue weighted by Crippen LogP contribution is -2.73. The highest BCUT2D eigenvalue weighted by molar-refractivity contribution is 5.03. The van der Waals surface area contributed by atoms with Gasteiger partial charge in [0.05, 0.1) is 5.66 Å². The summed E-state index contributed by atoms with van der Waals surface area (Å²) in [5.41, 5.74) is 0.0436. The van der Waals surface area contributed by atoms with Crippen molar-refractivity contribution in [3.05, 3.63) is 0 Å². The monoisotopic (exact) mass is 327 g/mol. The highest BCUT2D eigenvalue weighted by Crippen LogP contribution is 2.33. The van der Waals surface area contributed by atoms with E-state index in [2.05, 4.69) is 71.6 Å². The van der Waals surface area contributed by atoms with Gasteiger partial charge in [0.2, 0.25) is 0 Å². The summed E-state index contributed by atoms with van der Waals surface area (Å²) >= 11 is 0. The molecule has 140 valence electrons. The maximum absolute atomic E-state index is 3.86. The topological polar surface area (TPSA) is 36.1 Å². The Morgan fingerprint density at radius 2 is 1.43 bits per heavy atom. The van der Waals surface area contributed by atoms with Crippen molar-refractivity contribution in [3.63, 3.8) is 0 Å². The Bertz CT molecular complexity index is 283. The summed E-state index contributed by atoms with van der Waals surface area (Å²) in [7, 11) is 4.21. The van der Waals surface area contributed by atoms with Crippen LogP contribution >= 0.6 is 0 Å². The molecule has 0 radical (unpaired) electrons. The lowest BCUT2D eigenvalue weighted by atomic mass is 9.73. The van der Waals surface area contributed by atoms with Gasteiger partial charge in [0, 0.05) is 6.04 Å². The predicted molar refractivity (Wildman–Crippen MR) is 105 cm³/mol. The van der Waals surface area contributed by atoms with Crippen molar-refractivity contribution in [2.75, 3.05) is 20.6 Å². The number of hydrogen-bond donors (Lipinski definition) is 3. The molecule has 0 aromatic rings. The SMILES string of the molecule is CCCCCCCCC(NC)C(NC)(NCC(C)C)C(C)(C)C. The van der Waals surface area contributed by atoms with E-state index in [1.807, 2.05) is 0 Å². The molecule has 0 aliphatic rings.